The van der Waals surface area contributed by atoms with Crippen LogP contribution in [0.25, 0.3) is 0 Å². The normalized spacial score (nSPS) is 18.6. The summed E-state index contributed by atoms with van der Waals surface area (Å²) in [5, 5.41) is 0. The Balaban J connectivity index is 2.20. The Morgan fingerprint density at radius 1 is 1.15 bits per heavy atom. The molecule has 0 amide bonds. The minimum atomic E-state index is -3.48. The number of nitrogens with two attached hydrogens (primary N) is 1. The number of benzene rings is 1. The maximum absolute atomic E-state index is 12.6. The fraction of sp³-hybridized carbons (Fsp3) is 0.571. The van der Waals surface area contributed by atoms with E-state index in [0.717, 1.165) is 18.7 Å². The first kappa shape index (κ1) is 15.3. The molecule has 1 fully saturated rings. The molecule has 1 heterocycles. The zero-order valence-electron chi connectivity index (χ0n) is 12.3. The van der Waals surface area contributed by atoms with E-state index in [0.29, 0.717) is 24.8 Å². The van der Waals surface area contributed by atoms with Gasteiger partial charge < -0.3 is 5.73 Å². The maximum atomic E-state index is 12.6. The van der Waals surface area contributed by atoms with E-state index in [1.807, 2.05) is 6.92 Å². The minimum absolute atomic E-state index is 0.223. The number of hydrogen-bond acceptors (Lipinski definition) is 4. The lowest BCUT2D eigenvalue weighted by molar-refractivity contribution is 0.154. The van der Waals surface area contributed by atoms with Crippen molar-refractivity contribution in [2.75, 3.05) is 31.9 Å². The van der Waals surface area contributed by atoms with Crippen molar-refractivity contribution in [2.45, 2.75) is 31.7 Å². The summed E-state index contributed by atoms with van der Waals surface area (Å²) in [6.45, 7) is 8.73. The summed E-state index contributed by atoms with van der Waals surface area (Å²) in [7, 11) is -3.48. The average Bonchev–Trinajstić information content (AvgIpc) is 2.38. The van der Waals surface area contributed by atoms with Crippen LogP contribution in [0.1, 0.15) is 19.4 Å². The highest BCUT2D eigenvalue weighted by Gasteiger charge is 2.30. The van der Waals surface area contributed by atoms with Crippen molar-refractivity contribution in [1.82, 2.24) is 9.21 Å². The number of nitrogen functional groups attached to an aromatic ring is 1. The molecule has 6 heteroatoms. The molecule has 1 aliphatic heterocycles. The van der Waals surface area contributed by atoms with E-state index < -0.39 is 10.0 Å². The van der Waals surface area contributed by atoms with E-state index in [4.69, 9.17) is 5.73 Å². The van der Waals surface area contributed by atoms with Crippen LogP contribution in [0.2, 0.25) is 0 Å². The van der Waals surface area contributed by atoms with Crippen LogP contribution >= 0.6 is 0 Å². The Bertz CT molecular complexity index is 576. The van der Waals surface area contributed by atoms with Crippen LogP contribution in [-0.4, -0.2) is 49.8 Å². The predicted molar refractivity (Wildman–Crippen MR) is 81.1 cm³/mol. The predicted octanol–water partition coefficient (Wildman–Crippen LogP) is 1.29. The second kappa shape index (κ2) is 5.71. The van der Waals surface area contributed by atoms with Crippen LogP contribution in [0.3, 0.4) is 0 Å². The summed E-state index contributed by atoms with van der Waals surface area (Å²) in [5.74, 6) is 0. The zero-order valence-corrected chi connectivity index (χ0v) is 13.2. The Kier molecular flexibility index (Phi) is 4.36. The van der Waals surface area contributed by atoms with E-state index in [1.54, 1.807) is 18.2 Å². The van der Waals surface area contributed by atoms with Gasteiger partial charge in [0.1, 0.15) is 4.90 Å². The molecule has 20 heavy (non-hydrogen) atoms. The van der Waals surface area contributed by atoms with Gasteiger partial charge in [-0.15, -0.1) is 0 Å². The van der Waals surface area contributed by atoms with Crippen LogP contribution in [0.4, 0.5) is 5.69 Å². The SMILES string of the molecule is Cc1ccc(S(=O)(=O)N2CCN(C(C)C)CC2)c(N)c1. The molecule has 2 N–H and O–H groups in total. The lowest BCUT2D eigenvalue weighted by Gasteiger charge is -2.36. The van der Waals surface area contributed by atoms with Gasteiger partial charge >= 0.3 is 0 Å². The molecule has 0 unspecified atom stereocenters. The topological polar surface area (TPSA) is 66.6 Å². The van der Waals surface area contributed by atoms with Gasteiger partial charge in [-0.1, -0.05) is 6.07 Å². The quantitative estimate of drug-likeness (QED) is 0.854. The van der Waals surface area contributed by atoms with Gasteiger partial charge in [-0.25, -0.2) is 8.42 Å². The number of nitrogens with zero attached hydrogens (tertiary/aromatic N) is 2. The van der Waals surface area contributed by atoms with Crippen molar-refractivity contribution in [2.24, 2.45) is 0 Å². The fourth-order valence-electron chi connectivity index (χ4n) is 2.50. The molecule has 1 aliphatic rings. The largest absolute Gasteiger partial charge is 0.398 e. The number of aryl methyl sites for hydroxylation is 1. The highest BCUT2D eigenvalue weighted by Crippen LogP contribution is 2.24. The van der Waals surface area contributed by atoms with E-state index >= 15 is 0 Å². The second-order valence-corrected chi connectivity index (χ2v) is 7.48. The standard InChI is InChI=1S/C14H23N3O2S/c1-11(2)16-6-8-17(9-7-16)20(18,19)14-5-4-12(3)10-13(14)15/h4-5,10-11H,6-9,15H2,1-3H3. The van der Waals surface area contributed by atoms with E-state index in [-0.39, 0.29) is 4.90 Å². The molecular formula is C14H23N3O2S. The van der Waals surface area contributed by atoms with Gasteiger partial charge in [-0.3, -0.25) is 4.90 Å². The summed E-state index contributed by atoms with van der Waals surface area (Å²) in [4.78, 5) is 2.51. The monoisotopic (exact) mass is 297 g/mol. The van der Waals surface area contributed by atoms with E-state index in [2.05, 4.69) is 18.7 Å². The van der Waals surface area contributed by atoms with Crippen molar-refractivity contribution in [3.63, 3.8) is 0 Å². The molecule has 1 aromatic carbocycles. The van der Waals surface area contributed by atoms with Gasteiger partial charge in [0.2, 0.25) is 10.0 Å². The first-order valence-corrected chi connectivity index (χ1v) is 8.36. The fourth-order valence-corrected chi connectivity index (χ4v) is 4.02. The lowest BCUT2D eigenvalue weighted by Crippen LogP contribution is -2.50. The molecule has 1 aromatic rings. The summed E-state index contributed by atoms with van der Waals surface area (Å²) in [5.41, 5.74) is 7.17. The molecule has 0 bridgehead atoms. The lowest BCUT2D eigenvalue weighted by atomic mass is 10.2. The third kappa shape index (κ3) is 2.97. The zero-order chi connectivity index (χ0) is 14.9. The summed E-state index contributed by atoms with van der Waals surface area (Å²) in [6.07, 6.45) is 0. The molecule has 5 nitrogen and oxygen atoms in total. The van der Waals surface area contributed by atoms with Gasteiger partial charge in [-0.2, -0.15) is 4.31 Å². The van der Waals surface area contributed by atoms with Crippen molar-refractivity contribution in [3.8, 4) is 0 Å². The molecule has 0 aromatic heterocycles. The Labute approximate surface area is 121 Å². The van der Waals surface area contributed by atoms with Gasteiger partial charge in [0.05, 0.1) is 5.69 Å². The van der Waals surface area contributed by atoms with Crippen LogP contribution in [0, 0.1) is 6.92 Å². The van der Waals surface area contributed by atoms with E-state index in [1.165, 1.54) is 4.31 Å². The number of piperazine rings is 1. The summed E-state index contributed by atoms with van der Waals surface area (Å²) >= 11 is 0. The second-order valence-electron chi connectivity index (χ2n) is 5.58. The van der Waals surface area contributed by atoms with Gasteiger partial charge in [0, 0.05) is 32.2 Å². The molecule has 1 saturated heterocycles. The number of anilines is 1. The molecule has 0 aliphatic carbocycles. The van der Waals surface area contributed by atoms with Crippen molar-refractivity contribution in [1.29, 1.82) is 0 Å². The van der Waals surface area contributed by atoms with Gasteiger partial charge in [0.25, 0.3) is 0 Å². The van der Waals surface area contributed by atoms with Crippen molar-refractivity contribution >= 4 is 15.7 Å². The maximum Gasteiger partial charge on any atom is 0.245 e. The first-order valence-electron chi connectivity index (χ1n) is 6.92. The Hall–Kier alpha value is -1.11. The summed E-state index contributed by atoms with van der Waals surface area (Å²) in [6, 6.07) is 5.55. The van der Waals surface area contributed by atoms with Crippen LogP contribution in [0.15, 0.2) is 23.1 Å². The van der Waals surface area contributed by atoms with E-state index in [9.17, 15) is 8.42 Å². The Morgan fingerprint density at radius 2 is 1.75 bits per heavy atom. The molecule has 0 saturated carbocycles. The number of hydrogen-bond donors (Lipinski definition) is 1. The van der Waals surface area contributed by atoms with Crippen molar-refractivity contribution < 1.29 is 8.42 Å². The number of sulfonamides is 1. The van der Waals surface area contributed by atoms with Crippen LogP contribution in [-0.2, 0) is 10.0 Å². The van der Waals surface area contributed by atoms with Gasteiger partial charge in [0.15, 0.2) is 0 Å². The smallest absolute Gasteiger partial charge is 0.245 e. The third-order valence-electron chi connectivity index (χ3n) is 3.79. The third-order valence-corrected chi connectivity index (χ3v) is 5.76. The minimum Gasteiger partial charge on any atom is -0.398 e. The first-order chi connectivity index (χ1) is 9.32. The summed E-state index contributed by atoms with van der Waals surface area (Å²) < 4.78 is 26.8. The molecule has 2 rings (SSSR count). The highest BCUT2D eigenvalue weighted by atomic mass is 32.2. The van der Waals surface area contributed by atoms with Crippen LogP contribution < -0.4 is 5.73 Å². The highest BCUT2D eigenvalue weighted by molar-refractivity contribution is 7.89. The number of rotatable bonds is 3. The molecule has 0 atom stereocenters. The van der Waals surface area contributed by atoms with Gasteiger partial charge in [-0.05, 0) is 38.5 Å². The average molecular weight is 297 g/mol. The van der Waals surface area contributed by atoms with Crippen molar-refractivity contribution in [3.05, 3.63) is 23.8 Å². The van der Waals surface area contributed by atoms with Crippen LogP contribution in [0.5, 0.6) is 0 Å². The molecule has 0 radical (unpaired) electrons. The molecule has 0 spiro atoms. The Morgan fingerprint density at radius 3 is 2.25 bits per heavy atom. The molecule has 112 valence electrons. The molecular weight excluding hydrogens is 274 g/mol.